The van der Waals surface area contributed by atoms with E-state index in [1.54, 1.807) is 12.3 Å². The smallest absolute Gasteiger partial charge is 0.289 e. The first-order chi connectivity index (χ1) is 9.20. The van der Waals surface area contributed by atoms with Crippen LogP contribution >= 0.6 is 0 Å². The number of hydrogen-bond acceptors (Lipinski definition) is 6. The monoisotopic (exact) mass is 255 g/mol. The summed E-state index contributed by atoms with van der Waals surface area (Å²) in [4.78, 5) is 18.0. The van der Waals surface area contributed by atoms with Gasteiger partial charge in [0.1, 0.15) is 23.6 Å². The molecule has 2 rings (SSSR count). The zero-order valence-electron chi connectivity index (χ0n) is 9.78. The summed E-state index contributed by atoms with van der Waals surface area (Å²) in [6, 6.07) is 8.54. The van der Waals surface area contributed by atoms with Crippen molar-refractivity contribution in [3.63, 3.8) is 0 Å². The van der Waals surface area contributed by atoms with Crippen LogP contribution in [0.15, 0.2) is 36.7 Å². The summed E-state index contributed by atoms with van der Waals surface area (Å²) in [6.07, 6.45) is 2.77. The van der Waals surface area contributed by atoms with Crippen LogP contribution in [0.1, 0.15) is 11.3 Å². The number of nitrogens with one attached hydrogen (secondary N) is 1. The molecule has 7 nitrogen and oxygen atoms in total. The molecule has 0 spiro atoms. The second-order valence-corrected chi connectivity index (χ2v) is 3.63. The first-order valence-electron chi connectivity index (χ1n) is 5.39. The van der Waals surface area contributed by atoms with Crippen LogP contribution in [0, 0.1) is 21.4 Å². The van der Waals surface area contributed by atoms with E-state index in [4.69, 9.17) is 5.26 Å². The largest absolute Gasteiger partial charge is 0.363 e. The average molecular weight is 255 g/mol. The molecular formula is C12H9N5O2. The summed E-state index contributed by atoms with van der Waals surface area (Å²) in [6.45, 7) is 0.389. The highest BCUT2D eigenvalue weighted by Gasteiger charge is 2.11. The first-order valence-corrected chi connectivity index (χ1v) is 5.39. The predicted octanol–water partition coefficient (Wildman–Crippen LogP) is 1.87. The zero-order chi connectivity index (χ0) is 13.7. The third-order valence-corrected chi connectivity index (χ3v) is 2.37. The summed E-state index contributed by atoms with van der Waals surface area (Å²) in [5.41, 5.74) is 0.705. The fourth-order valence-corrected chi connectivity index (χ4v) is 1.46. The van der Waals surface area contributed by atoms with Crippen LogP contribution in [0.2, 0.25) is 0 Å². The van der Waals surface area contributed by atoms with E-state index in [-0.39, 0.29) is 11.3 Å². The van der Waals surface area contributed by atoms with Gasteiger partial charge in [-0.1, -0.05) is 6.07 Å². The minimum atomic E-state index is -0.587. The fraction of sp³-hybridized carbons (Fsp3) is 0.0833. The van der Waals surface area contributed by atoms with Gasteiger partial charge >= 0.3 is 0 Å². The molecule has 0 fully saturated rings. The predicted molar refractivity (Wildman–Crippen MR) is 67.2 cm³/mol. The number of nitrogens with zero attached hydrogens (tertiary/aromatic N) is 4. The Bertz CT molecular complexity index is 636. The van der Waals surface area contributed by atoms with Crippen molar-refractivity contribution in [1.29, 1.82) is 5.26 Å². The number of rotatable bonds is 4. The van der Waals surface area contributed by atoms with Gasteiger partial charge in [0, 0.05) is 12.3 Å². The maximum Gasteiger partial charge on any atom is 0.289 e. The Morgan fingerprint density at radius 3 is 2.89 bits per heavy atom. The van der Waals surface area contributed by atoms with E-state index >= 15 is 0 Å². The minimum Gasteiger partial charge on any atom is -0.363 e. The SMILES string of the molecule is N#Cc1cc([N+](=O)[O-])cnc1NCc1ccccn1. The Kier molecular flexibility index (Phi) is 3.64. The quantitative estimate of drug-likeness (QED) is 0.660. The number of nitriles is 1. The second kappa shape index (κ2) is 5.55. The Hall–Kier alpha value is -3.01. The van der Waals surface area contributed by atoms with Crippen molar-refractivity contribution in [2.24, 2.45) is 0 Å². The number of nitro groups is 1. The van der Waals surface area contributed by atoms with Gasteiger partial charge in [0.05, 0.1) is 17.2 Å². The molecular weight excluding hydrogens is 246 g/mol. The second-order valence-electron chi connectivity index (χ2n) is 3.63. The maximum atomic E-state index is 10.6. The normalized spacial score (nSPS) is 9.63. The van der Waals surface area contributed by atoms with Gasteiger partial charge in [0.2, 0.25) is 0 Å². The number of pyridine rings is 2. The first kappa shape index (κ1) is 12.4. The van der Waals surface area contributed by atoms with Crippen LogP contribution in [0.3, 0.4) is 0 Å². The molecule has 0 atom stereocenters. The van der Waals surface area contributed by atoms with Crippen LogP contribution in [-0.4, -0.2) is 14.9 Å². The van der Waals surface area contributed by atoms with Gasteiger partial charge in [-0.15, -0.1) is 0 Å². The molecule has 0 aromatic carbocycles. The molecule has 0 bridgehead atoms. The zero-order valence-corrected chi connectivity index (χ0v) is 9.78. The Balaban J connectivity index is 2.17. The summed E-state index contributed by atoms with van der Waals surface area (Å²) in [5, 5.41) is 22.5. The van der Waals surface area contributed by atoms with Gasteiger partial charge in [-0.05, 0) is 12.1 Å². The lowest BCUT2D eigenvalue weighted by Crippen LogP contribution is -2.05. The Morgan fingerprint density at radius 1 is 1.42 bits per heavy atom. The van der Waals surface area contributed by atoms with Crippen LogP contribution < -0.4 is 5.32 Å². The van der Waals surface area contributed by atoms with Crippen molar-refractivity contribution >= 4 is 11.5 Å². The molecule has 1 N–H and O–H groups in total. The Labute approximate surface area is 108 Å². The summed E-state index contributed by atoms with van der Waals surface area (Å²) >= 11 is 0. The summed E-state index contributed by atoms with van der Waals surface area (Å²) < 4.78 is 0. The van der Waals surface area contributed by atoms with E-state index in [0.29, 0.717) is 12.4 Å². The standard InChI is InChI=1S/C12H9N5O2/c13-6-9-5-11(17(18)19)8-16-12(9)15-7-10-3-1-2-4-14-10/h1-5,8H,7H2,(H,15,16). The third-order valence-electron chi connectivity index (χ3n) is 2.37. The summed E-state index contributed by atoms with van der Waals surface area (Å²) in [5.74, 6) is 0.304. The van der Waals surface area contributed by atoms with Crippen molar-refractivity contribution in [3.8, 4) is 6.07 Å². The van der Waals surface area contributed by atoms with Crippen molar-refractivity contribution < 1.29 is 4.92 Å². The molecule has 0 saturated heterocycles. The molecule has 0 unspecified atom stereocenters. The third kappa shape index (κ3) is 3.01. The molecule has 0 amide bonds. The molecule has 7 heteroatoms. The Morgan fingerprint density at radius 2 is 2.26 bits per heavy atom. The van der Waals surface area contributed by atoms with E-state index < -0.39 is 4.92 Å². The van der Waals surface area contributed by atoms with Crippen molar-refractivity contribution in [3.05, 3.63) is 58.0 Å². The van der Waals surface area contributed by atoms with Gasteiger partial charge in [0.15, 0.2) is 0 Å². The van der Waals surface area contributed by atoms with E-state index in [1.807, 2.05) is 18.2 Å². The average Bonchev–Trinajstić information content (AvgIpc) is 2.45. The highest BCUT2D eigenvalue weighted by molar-refractivity contribution is 5.55. The van der Waals surface area contributed by atoms with E-state index in [2.05, 4.69) is 15.3 Å². The van der Waals surface area contributed by atoms with E-state index in [1.165, 1.54) is 6.07 Å². The summed E-state index contributed by atoms with van der Waals surface area (Å²) in [7, 11) is 0. The molecule has 0 saturated carbocycles. The van der Waals surface area contributed by atoms with E-state index in [9.17, 15) is 10.1 Å². The lowest BCUT2D eigenvalue weighted by atomic mass is 10.2. The van der Waals surface area contributed by atoms with Gasteiger partial charge < -0.3 is 5.32 Å². The lowest BCUT2D eigenvalue weighted by Gasteiger charge is -2.06. The van der Waals surface area contributed by atoms with Crippen molar-refractivity contribution in [1.82, 2.24) is 9.97 Å². The topological polar surface area (TPSA) is 105 Å². The molecule has 2 aromatic rings. The molecule has 2 heterocycles. The van der Waals surface area contributed by atoms with Gasteiger partial charge in [-0.25, -0.2) is 4.98 Å². The maximum absolute atomic E-state index is 10.6. The molecule has 0 radical (unpaired) electrons. The fourth-order valence-electron chi connectivity index (χ4n) is 1.46. The van der Waals surface area contributed by atoms with Crippen molar-refractivity contribution in [2.75, 3.05) is 5.32 Å². The molecule has 19 heavy (non-hydrogen) atoms. The number of hydrogen-bond donors (Lipinski definition) is 1. The number of aromatic nitrogens is 2. The molecule has 94 valence electrons. The van der Waals surface area contributed by atoms with Crippen molar-refractivity contribution in [2.45, 2.75) is 6.54 Å². The van der Waals surface area contributed by atoms with Crippen LogP contribution in [0.5, 0.6) is 0 Å². The van der Waals surface area contributed by atoms with E-state index in [0.717, 1.165) is 11.9 Å². The highest BCUT2D eigenvalue weighted by Crippen LogP contribution is 2.18. The molecule has 0 aliphatic carbocycles. The van der Waals surface area contributed by atoms with Gasteiger partial charge in [0.25, 0.3) is 5.69 Å². The molecule has 2 aromatic heterocycles. The van der Waals surface area contributed by atoms with Crippen LogP contribution in [0.25, 0.3) is 0 Å². The van der Waals surface area contributed by atoms with Crippen LogP contribution in [-0.2, 0) is 6.54 Å². The highest BCUT2D eigenvalue weighted by atomic mass is 16.6. The minimum absolute atomic E-state index is 0.130. The van der Waals surface area contributed by atoms with Gasteiger partial charge in [-0.3, -0.25) is 15.1 Å². The van der Waals surface area contributed by atoms with Crippen LogP contribution in [0.4, 0.5) is 11.5 Å². The lowest BCUT2D eigenvalue weighted by molar-refractivity contribution is -0.385. The van der Waals surface area contributed by atoms with Gasteiger partial charge in [-0.2, -0.15) is 5.26 Å². The molecule has 0 aliphatic heterocycles. The number of anilines is 1. The molecule has 0 aliphatic rings.